The predicted octanol–water partition coefficient (Wildman–Crippen LogP) is 1.45. The van der Waals surface area contributed by atoms with Crippen LogP contribution in [-0.2, 0) is 0 Å². The fourth-order valence-corrected chi connectivity index (χ4v) is 8.84. The van der Waals surface area contributed by atoms with E-state index >= 15 is 0 Å². The molecule has 0 aliphatic carbocycles. The van der Waals surface area contributed by atoms with Gasteiger partial charge in [-0.05, 0) is 49.5 Å². The van der Waals surface area contributed by atoms with Crippen LogP contribution < -0.4 is 32.8 Å². The van der Waals surface area contributed by atoms with Gasteiger partial charge in [0, 0.05) is 27.5 Å². The van der Waals surface area contributed by atoms with Gasteiger partial charge in [-0.25, -0.2) is 15.0 Å². The molecule has 0 bridgehead atoms. The van der Waals surface area contributed by atoms with Crippen molar-refractivity contribution in [3.05, 3.63) is 127 Å². The molecule has 2 heterocycles. The third-order valence-corrected chi connectivity index (χ3v) is 12.0. The molecular weight excluding hydrogens is 663 g/mol. The average Bonchev–Trinajstić information content (AvgIpc) is 3.64. The lowest BCUT2D eigenvalue weighted by Gasteiger charge is -2.18. The molecule has 0 aliphatic heterocycles. The van der Waals surface area contributed by atoms with Crippen molar-refractivity contribution in [2.24, 2.45) is 0 Å². The predicted molar refractivity (Wildman–Crippen MR) is 250 cm³/mol. The largest absolute Gasteiger partial charge is 0.457 e. The molecular formula is C45H33B6N3O. The highest BCUT2D eigenvalue weighted by Gasteiger charge is 2.26. The summed E-state index contributed by atoms with van der Waals surface area (Å²) in [5.74, 6) is 1.93. The number of rotatable bonds is 4. The van der Waals surface area contributed by atoms with Gasteiger partial charge in [-0.1, -0.05) is 154 Å². The number of hydrogen-bond acceptors (Lipinski definition) is 4. The fraction of sp³-hybridized carbons (Fsp3) is 0. The molecule has 0 aliphatic rings. The number of fused-ring (bicyclic) bond motifs is 9. The Kier molecular flexibility index (Phi) is 7.67. The summed E-state index contributed by atoms with van der Waals surface area (Å²) < 4.78 is 7.00. The van der Waals surface area contributed by atoms with Crippen LogP contribution in [-0.4, -0.2) is 62.0 Å². The van der Waals surface area contributed by atoms with Gasteiger partial charge in [-0.15, -0.1) is 0 Å². The van der Waals surface area contributed by atoms with Crippen LogP contribution in [0.15, 0.2) is 132 Å². The minimum Gasteiger partial charge on any atom is -0.457 e. The fourth-order valence-electron chi connectivity index (χ4n) is 8.84. The maximum Gasteiger partial charge on any atom is 0.164 e. The number of nitrogens with zero attached hydrogens (tertiary/aromatic N) is 3. The molecule has 10 heteroatoms. The van der Waals surface area contributed by atoms with Gasteiger partial charge < -0.3 is 4.42 Å². The van der Waals surface area contributed by atoms with E-state index in [2.05, 4.69) is 138 Å². The molecule has 4 nitrogen and oxygen atoms in total. The minimum atomic E-state index is 0.642. The van der Waals surface area contributed by atoms with Gasteiger partial charge in [0.1, 0.15) is 58.2 Å². The van der Waals surface area contributed by atoms with E-state index in [0.717, 1.165) is 55.0 Å². The first-order valence-electron chi connectivity index (χ1n) is 19.0. The topological polar surface area (TPSA) is 51.8 Å². The van der Waals surface area contributed by atoms with Crippen molar-refractivity contribution in [2.45, 2.75) is 0 Å². The van der Waals surface area contributed by atoms with E-state index in [-0.39, 0.29) is 0 Å². The summed E-state index contributed by atoms with van der Waals surface area (Å²) in [5, 5.41) is 9.79. The number of furan rings is 1. The van der Waals surface area contributed by atoms with Crippen molar-refractivity contribution in [1.29, 1.82) is 0 Å². The normalized spacial score (nSPS) is 11.7. The maximum atomic E-state index is 7.00. The van der Waals surface area contributed by atoms with E-state index in [1.165, 1.54) is 59.8 Å². The number of benzene rings is 8. The molecule has 2 aromatic heterocycles. The Bertz CT molecular complexity index is 3130. The summed E-state index contributed by atoms with van der Waals surface area (Å²) in [7, 11) is 13.2. The summed E-state index contributed by atoms with van der Waals surface area (Å²) >= 11 is 0. The quantitative estimate of drug-likeness (QED) is 0.207. The molecule has 252 valence electrons. The van der Waals surface area contributed by atoms with Gasteiger partial charge in [0.25, 0.3) is 0 Å². The first kappa shape index (κ1) is 33.3. The highest BCUT2D eigenvalue weighted by Crippen LogP contribution is 2.38. The summed E-state index contributed by atoms with van der Waals surface area (Å²) in [6.45, 7) is 0. The van der Waals surface area contributed by atoms with Crippen LogP contribution in [0.3, 0.4) is 0 Å². The average molecular weight is 697 g/mol. The zero-order valence-electron chi connectivity index (χ0n) is 31.9. The Hall–Kier alpha value is -6.26. The van der Waals surface area contributed by atoms with Crippen molar-refractivity contribution in [2.75, 3.05) is 0 Å². The molecule has 0 saturated carbocycles. The van der Waals surface area contributed by atoms with Crippen LogP contribution in [0.1, 0.15) is 0 Å². The summed E-state index contributed by atoms with van der Waals surface area (Å²) in [6.07, 6.45) is 0. The minimum absolute atomic E-state index is 0.642. The second-order valence-corrected chi connectivity index (χ2v) is 14.9. The molecule has 0 amide bonds. The van der Waals surface area contributed by atoms with E-state index in [4.69, 9.17) is 19.4 Å². The second-order valence-electron chi connectivity index (χ2n) is 14.9. The van der Waals surface area contributed by atoms with Crippen molar-refractivity contribution >= 4 is 134 Å². The smallest absolute Gasteiger partial charge is 0.164 e. The van der Waals surface area contributed by atoms with Crippen LogP contribution >= 0.6 is 0 Å². The molecule has 10 aromatic rings. The zero-order valence-corrected chi connectivity index (χ0v) is 31.9. The molecule has 8 aromatic carbocycles. The Morgan fingerprint density at radius 3 is 1.33 bits per heavy atom. The lowest BCUT2D eigenvalue weighted by atomic mass is 9.67. The Labute approximate surface area is 324 Å². The molecule has 0 unspecified atom stereocenters. The Morgan fingerprint density at radius 2 is 0.764 bits per heavy atom. The van der Waals surface area contributed by atoms with Crippen LogP contribution in [0.4, 0.5) is 0 Å². The van der Waals surface area contributed by atoms with Gasteiger partial charge in [0.2, 0.25) is 0 Å². The third kappa shape index (κ3) is 5.04. The van der Waals surface area contributed by atoms with Crippen molar-refractivity contribution in [3.63, 3.8) is 0 Å². The van der Waals surface area contributed by atoms with Gasteiger partial charge in [-0.3, -0.25) is 0 Å². The molecule has 0 radical (unpaired) electrons. The van der Waals surface area contributed by atoms with Gasteiger partial charge in [0.15, 0.2) is 17.5 Å². The SMILES string of the molecule is Bc1c(-c2ccc3c4ccccc4c4ccccc4c3c2)c(B)c2c(oc3c(B)c(B)c(B)c(-c4nc(-c5ccccc5)nc(-c5ccccc5)n4)c32)c1B. The molecule has 0 N–H and O–H groups in total. The molecule has 10 rings (SSSR count). The molecule has 0 fully saturated rings. The lowest BCUT2D eigenvalue weighted by molar-refractivity contribution is 0.675. The molecule has 0 spiro atoms. The van der Waals surface area contributed by atoms with Gasteiger partial charge in [0.05, 0.1) is 0 Å². The van der Waals surface area contributed by atoms with E-state index in [1.807, 2.05) is 36.4 Å². The highest BCUT2D eigenvalue weighted by atomic mass is 16.3. The molecule has 55 heavy (non-hydrogen) atoms. The second kappa shape index (κ2) is 12.7. The summed E-state index contributed by atoms with van der Waals surface area (Å²) in [5.41, 5.74) is 14.1. The van der Waals surface area contributed by atoms with Crippen molar-refractivity contribution < 1.29 is 4.42 Å². The van der Waals surface area contributed by atoms with E-state index in [0.29, 0.717) is 17.5 Å². The van der Waals surface area contributed by atoms with E-state index < -0.39 is 0 Å². The van der Waals surface area contributed by atoms with Crippen LogP contribution in [0.25, 0.3) is 99.5 Å². The van der Waals surface area contributed by atoms with E-state index in [1.54, 1.807) is 0 Å². The van der Waals surface area contributed by atoms with Crippen molar-refractivity contribution in [1.82, 2.24) is 15.0 Å². The van der Waals surface area contributed by atoms with Crippen LogP contribution in [0.2, 0.25) is 0 Å². The van der Waals surface area contributed by atoms with Gasteiger partial charge >= 0.3 is 0 Å². The van der Waals surface area contributed by atoms with Crippen molar-refractivity contribution in [3.8, 4) is 45.3 Å². The molecule has 0 atom stereocenters. The lowest BCUT2D eigenvalue weighted by Crippen LogP contribution is -2.40. The van der Waals surface area contributed by atoms with E-state index in [9.17, 15) is 0 Å². The monoisotopic (exact) mass is 697 g/mol. The van der Waals surface area contributed by atoms with Gasteiger partial charge in [-0.2, -0.15) is 0 Å². The van der Waals surface area contributed by atoms with Crippen LogP contribution in [0.5, 0.6) is 0 Å². The third-order valence-electron chi connectivity index (χ3n) is 12.0. The summed E-state index contributed by atoms with van der Waals surface area (Å²) in [4.78, 5) is 15.5. The van der Waals surface area contributed by atoms with Crippen LogP contribution in [0, 0.1) is 0 Å². The maximum absolute atomic E-state index is 7.00. The Morgan fingerprint density at radius 1 is 0.327 bits per heavy atom. The summed E-state index contributed by atoms with van der Waals surface area (Å²) in [6, 6.07) is 44.9. The molecule has 0 saturated heterocycles. The first-order valence-corrected chi connectivity index (χ1v) is 19.0. The Balaban J connectivity index is 1.30. The first-order chi connectivity index (χ1) is 26.8. The number of aromatic nitrogens is 3. The zero-order chi connectivity index (χ0) is 37.5. The highest BCUT2D eigenvalue weighted by molar-refractivity contribution is 6.65. The number of hydrogen-bond donors (Lipinski definition) is 0. The standard InChI is InChI=1S/C45H33B6N3O/c46-35-31(24-19-20-29-27-17-8-7-15-25(27)26-16-9-10-18-28(26)30(29)21-24)36(47)39(50)42-33(35)32-34(37(48)38(49)40(51)41(32)55-42)45-53-43(22-11-3-1-4-12-22)52-44(54-45)23-13-5-2-6-14-23/h1-21H,46-51H2.